The van der Waals surface area contributed by atoms with Gasteiger partial charge in [-0.05, 0) is 36.1 Å². The Kier molecular flexibility index (Phi) is 4.53. The van der Waals surface area contributed by atoms with Gasteiger partial charge in [0, 0.05) is 16.0 Å². The van der Waals surface area contributed by atoms with Gasteiger partial charge in [-0.1, -0.05) is 35.7 Å². The van der Waals surface area contributed by atoms with Gasteiger partial charge in [-0.3, -0.25) is 0 Å². The molecule has 0 amide bonds. The lowest BCUT2D eigenvalue weighted by atomic mass is 10.2. The van der Waals surface area contributed by atoms with Crippen molar-refractivity contribution in [3.05, 3.63) is 46.3 Å². The van der Waals surface area contributed by atoms with Crippen molar-refractivity contribution in [2.45, 2.75) is 6.92 Å². The van der Waals surface area contributed by atoms with Crippen molar-refractivity contribution in [1.29, 1.82) is 0 Å². The summed E-state index contributed by atoms with van der Waals surface area (Å²) >= 11 is 6.92. The van der Waals surface area contributed by atoms with E-state index in [1.165, 1.54) is 17.3 Å². The molecule has 0 aliphatic carbocycles. The fourth-order valence-corrected chi connectivity index (χ4v) is 1.22. The van der Waals surface area contributed by atoms with E-state index in [0.29, 0.717) is 0 Å². The van der Waals surface area contributed by atoms with E-state index in [4.69, 9.17) is 11.6 Å². The summed E-state index contributed by atoms with van der Waals surface area (Å²) < 4.78 is 0. The predicted octanol–water partition coefficient (Wildman–Crippen LogP) is 3.83. The standard InChI is InChI=1S/C11H9ClS/c1-10(9-12)13-8-7-11-5-3-2-4-6-11/h2-6,9H,1H3/b10-9+. The topological polar surface area (TPSA) is 0 Å². The Hall–Kier alpha value is -0.840. The van der Waals surface area contributed by atoms with Crippen molar-refractivity contribution >= 4 is 23.4 Å². The SMILES string of the molecule is C/C(=C\Cl)SC#Cc1ccccc1. The molecule has 0 aliphatic rings. The summed E-state index contributed by atoms with van der Waals surface area (Å²) in [6, 6.07) is 9.88. The van der Waals surface area contributed by atoms with Crippen LogP contribution < -0.4 is 0 Å². The van der Waals surface area contributed by atoms with Gasteiger partial charge < -0.3 is 0 Å². The second kappa shape index (κ2) is 5.75. The molecule has 0 N–H and O–H groups in total. The van der Waals surface area contributed by atoms with E-state index in [9.17, 15) is 0 Å². The Morgan fingerprint density at radius 2 is 2.08 bits per heavy atom. The van der Waals surface area contributed by atoms with Crippen LogP contribution in [0.1, 0.15) is 12.5 Å². The average Bonchev–Trinajstić information content (AvgIpc) is 2.19. The third-order valence-corrected chi connectivity index (χ3v) is 2.44. The molecule has 0 aliphatic heterocycles. The highest BCUT2D eigenvalue weighted by Gasteiger charge is 1.84. The fraction of sp³-hybridized carbons (Fsp3) is 0.0909. The minimum Gasteiger partial charge on any atom is -0.0921 e. The zero-order valence-corrected chi connectivity index (χ0v) is 8.82. The first kappa shape index (κ1) is 10.2. The van der Waals surface area contributed by atoms with Crippen LogP contribution in [0.3, 0.4) is 0 Å². The first-order valence-corrected chi connectivity index (χ1v) is 5.08. The minimum absolute atomic E-state index is 1.00. The van der Waals surface area contributed by atoms with Crippen LogP contribution in [0.2, 0.25) is 0 Å². The van der Waals surface area contributed by atoms with E-state index in [-0.39, 0.29) is 0 Å². The number of hydrogen-bond acceptors (Lipinski definition) is 1. The third-order valence-electron chi connectivity index (χ3n) is 1.33. The zero-order valence-electron chi connectivity index (χ0n) is 7.25. The molecule has 0 fully saturated rings. The minimum atomic E-state index is 1.00. The molecule has 0 saturated heterocycles. The summed E-state index contributed by atoms with van der Waals surface area (Å²) in [6.45, 7) is 1.93. The number of thioether (sulfide) groups is 1. The Morgan fingerprint density at radius 3 is 2.69 bits per heavy atom. The second-order valence-corrected chi connectivity index (χ2v) is 3.69. The Bertz CT molecular complexity index is 343. The molecule has 0 spiro atoms. The van der Waals surface area contributed by atoms with Gasteiger partial charge in [-0.15, -0.1) is 0 Å². The first-order chi connectivity index (χ1) is 6.33. The molecule has 0 atom stereocenters. The van der Waals surface area contributed by atoms with Crippen molar-refractivity contribution in [1.82, 2.24) is 0 Å². The largest absolute Gasteiger partial charge is 0.0921 e. The lowest BCUT2D eigenvalue weighted by molar-refractivity contribution is 1.65. The van der Waals surface area contributed by atoms with Crippen molar-refractivity contribution in [2.75, 3.05) is 0 Å². The Morgan fingerprint density at radius 1 is 1.38 bits per heavy atom. The summed E-state index contributed by atoms with van der Waals surface area (Å²) in [5.74, 6) is 3.02. The van der Waals surface area contributed by atoms with E-state index in [2.05, 4.69) is 11.2 Å². The number of benzene rings is 1. The van der Waals surface area contributed by atoms with Gasteiger partial charge in [0.05, 0.1) is 0 Å². The average molecular weight is 209 g/mol. The third kappa shape index (κ3) is 4.07. The quantitative estimate of drug-likeness (QED) is 0.633. The molecule has 1 rings (SSSR count). The highest BCUT2D eigenvalue weighted by atomic mass is 35.5. The molecule has 2 heteroatoms. The highest BCUT2D eigenvalue weighted by Crippen LogP contribution is 2.13. The van der Waals surface area contributed by atoms with Crippen LogP contribution in [-0.2, 0) is 0 Å². The normalized spacial score (nSPS) is 10.5. The van der Waals surface area contributed by atoms with Gasteiger partial charge in [0.15, 0.2) is 0 Å². The van der Waals surface area contributed by atoms with Crippen LogP contribution >= 0.6 is 23.4 Å². The maximum atomic E-state index is 5.48. The summed E-state index contributed by atoms with van der Waals surface area (Å²) in [6.07, 6.45) is 0. The molecule has 0 nitrogen and oxygen atoms in total. The number of rotatable bonds is 1. The van der Waals surface area contributed by atoms with Crippen LogP contribution in [0.15, 0.2) is 40.8 Å². The van der Waals surface area contributed by atoms with Crippen molar-refractivity contribution in [3.63, 3.8) is 0 Å². The van der Waals surface area contributed by atoms with Gasteiger partial charge in [0.1, 0.15) is 0 Å². The zero-order chi connectivity index (χ0) is 9.52. The summed E-state index contributed by atoms with van der Waals surface area (Å²) in [4.78, 5) is 1.00. The molecule has 0 aromatic heterocycles. The highest BCUT2D eigenvalue weighted by molar-refractivity contribution is 8.07. The molecule has 0 saturated carbocycles. The van der Waals surface area contributed by atoms with Gasteiger partial charge >= 0.3 is 0 Å². The fourth-order valence-electron chi connectivity index (χ4n) is 0.709. The van der Waals surface area contributed by atoms with Crippen molar-refractivity contribution in [2.24, 2.45) is 0 Å². The molecule has 0 unspecified atom stereocenters. The summed E-state index contributed by atoms with van der Waals surface area (Å²) in [5.41, 5.74) is 2.56. The van der Waals surface area contributed by atoms with E-state index < -0.39 is 0 Å². The lowest BCUT2D eigenvalue weighted by Crippen LogP contribution is -1.69. The molecule has 0 heterocycles. The van der Waals surface area contributed by atoms with E-state index in [0.717, 1.165) is 10.5 Å². The molecular weight excluding hydrogens is 200 g/mol. The monoisotopic (exact) mass is 208 g/mol. The van der Waals surface area contributed by atoms with Crippen LogP contribution in [0.25, 0.3) is 0 Å². The molecule has 13 heavy (non-hydrogen) atoms. The molecular formula is C11H9ClS. The van der Waals surface area contributed by atoms with Gasteiger partial charge in [0.25, 0.3) is 0 Å². The van der Waals surface area contributed by atoms with Crippen molar-refractivity contribution in [3.8, 4) is 11.2 Å². The number of hydrogen-bond donors (Lipinski definition) is 0. The molecule has 0 bridgehead atoms. The number of halogens is 1. The van der Waals surface area contributed by atoms with E-state index in [1.54, 1.807) is 0 Å². The van der Waals surface area contributed by atoms with Crippen LogP contribution in [-0.4, -0.2) is 0 Å². The van der Waals surface area contributed by atoms with Crippen LogP contribution in [0.5, 0.6) is 0 Å². The van der Waals surface area contributed by atoms with Gasteiger partial charge in [-0.2, -0.15) is 0 Å². The Labute approximate surface area is 88.0 Å². The number of allylic oxidation sites excluding steroid dienone is 1. The van der Waals surface area contributed by atoms with E-state index >= 15 is 0 Å². The predicted molar refractivity (Wildman–Crippen MR) is 60.5 cm³/mol. The Balaban J connectivity index is 2.59. The summed E-state index contributed by atoms with van der Waals surface area (Å²) in [7, 11) is 0. The van der Waals surface area contributed by atoms with Gasteiger partial charge in [-0.25, -0.2) is 0 Å². The first-order valence-electron chi connectivity index (χ1n) is 3.83. The maximum Gasteiger partial charge on any atom is 0.0254 e. The molecule has 1 aromatic carbocycles. The van der Waals surface area contributed by atoms with Gasteiger partial charge in [0.2, 0.25) is 0 Å². The molecule has 0 radical (unpaired) electrons. The second-order valence-electron chi connectivity index (χ2n) is 2.41. The maximum absolute atomic E-state index is 5.48. The van der Waals surface area contributed by atoms with Crippen LogP contribution in [0.4, 0.5) is 0 Å². The van der Waals surface area contributed by atoms with Crippen molar-refractivity contribution < 1.29 is 0 Å². The van der Waals surface area contributed by atoms with E-state index in [1.807, 2.05) is 37.3 Å². The summed E-state index contributed by atoms with van der Waals surface area (Å²) in [5, 5.41) is 2.97. The lowest BCUT2D eigenvalue weighted by Gasteiger charge is -1.87. The molecule has 66 valence electrons. The molecule has 1 aromatic rings. The van der Waals surface area contributed by atoms with Crippen LogP contribution in [0, 0.1) is 11.2 Å². The smallest absolute Gasteiger partial charge is 0.0254 e.